The Bertz CT molecular complexity index is 1090. The van der Waals surface area contributed by atoms with Crippen LogP contribution >= 0.6 is 0 Å². The maximum atomic E-state index is 15.4. The van der Waals surface area contributed by atoms with E-state index in [-0.39, 0.29) is 11.9 Å². The van der Waals surface area contributed by atoms with Crippen LogP contribution in [0.2, 0.25) is 0 Å². The van der Waals surface area contributed by atoms with E-state index in [2.05, 4.69) is 16.4 Å². The molecule has 2 N–H and O–H groups in total. The third-order valence-corrected chi connectivity index (χ3v) is 6.08. The minimum Gasteiger partial charge on any atom is -0.444 e. The van der Waals surface area contributed by atoms with Gasteiger partial charge in [0.25, 0.3) is 0 Å². The number of carbonyl (C=O) groups is 1. The van der Waals surface area contributed by atoms with Crippen molar-refractivity contribution in [2.75, 3.05) is 0 Å². The van der Waals surface area contributed by atoms with Gasteiger partial charge in [0.2, 0.25) is 0 Å². The molecule has 1 heterocycles. The van der Waals surface area contributed by atoms with Crippen LogP contribution in [0, 0.1) is 17.1 Å². The second-order valence-electron chi connectivity index (χ2n) is 9.62. The molecule has 2 aliphatic rings. The van der Waals surface area contributed by atoms with Gasteiger partial charge in [-0.2, -0.15) is 5.26 Å². The van der Waals surface area contributed by atoms with Gasteiger partial charge >= 0.3 is 6.09 Å². The lowest BCUT2D eigenvalue weighted by atomic mass is 9.87. The molecule has 1 atom stereocenters. The minimum atomic E-state index is -0.570. The van der Waals surface area contributed by atoms with Gasteiger partial charge in [-0.3, -0.25) is 0 Å². The summed E-state index contributed by atoms with van der Waals surface area (Å²) < 4.78 is 20.8. The zero-order chi connectivity index (χ0) is 22.2. The number of fused-ring (bicyclic) bond motifs is 3. The number of rotatable bonds is 2. The maximum Gasteiger partial charge on any atom is 0.408 e. The van der Waals surface area contributed by atoms with E-state index in [4.69, 9.17) is 4.74 Å². The Morgan fingerprint density at radius 3 is 2.74 bits per heavy atom. The number of benzene rings is 1. The summed E-state index contributed by atoms with van der Waals surface area (Å²) in [4.78, 5) is 15.7. The lowest BCUT2D eigenvalue weighted by molar-refractivity contribution is 0.0511. The number of aromatic nitrogens is 1. The van der Waals surface area contributed by atoms with E-state index in [0.29, 0.717) is 11.1 Å². The van der Waals surface area contributed by atoms with E-state index >= 15 is 4.39 Å². The molecule has 164 valence electrons. The van der Waals surface area contributed by atoms with Crippen molar-refractivity contribution in [3.05, 3.63) is 40.3 Å². The average molecular weight is 424 g/mol. The van der Waals surface area contributed by atoms with Gasteiger partial charge < -0.3 is 15.0 Å². The minimum absolute atomic E-state index is 0.207. The normalized spacial score (nSPS) is 19.2. The fourth-order valence-corrected chi connectivity index (χ4v) is 4.83. The number of nitriles is 1. The number of H-pyrrole nitrogens is 1. The number of nitrogens with one attached hydrogen (secondary N) is 2. The third kappa shape index (κ3) is 4.46. The van der Waals surface area contributed by atoms with E-state index in [9.17, 15) is 10.1 Å². The van der Waals surface area contributed by atoms with Crippen LogP contribution in [0.25, 0.3) is 16.5 Å². The number of alkyl carbamates (subject to hydrolysis) is 1. The second kappa shape index (κ2) is 8.37. The quantitative estimate of drug-likeness (QED) is 0.590. The summed E-state index contributed by atoms with van der Waals surface area (Å²) in [5.74, 6) is -0.362. The molecule has 1 amide bonds. The lowest BCUT2D eigenvalue weighted by Crippen LogP contribution is -2.39. The van der Waals surface area contributed by atoms with Crippen LogP contribution in [0.4, 0.5) is 9.18 Å². The molecule has 0 spiro atoms. The van der Waals surface area contributed by atoms with Crippen molar-refractivity contribution < 1.29 is 13.9 Å². The predicted octanol–water partition coefficient (Wildman–Crippen LogP) is 5.91. The molecule has 1 aromatic carbocycles. The monoisotopic (exact) mass is 423 g/mol. The predicted molar refractivity (Wildman–Crippen MR) is 119 cm³/mol. The van der Waals surface area contributed by atoms with Crippen LogP contribution in [-0.4, -0.2) is 22.7 Å². The Labute approximate surface area is 182 Å². The zero-order valence-electron chi connectivity index (χ0n) is 18.5. The maximum absolute atomic E-state index is 15.4. The smallest absolute Gasteiger partial charge is 0.408 e. The van der Waals surface area contributed by atoms with Crippen molar-refractivity contribution >= 4 is 22.6 Å². The van der Waals surface area contributed by atoms with Gasteiger partial charge in [-0.15, -0.1) is 0 Å². The van der Waals surface area contributed by atoms with Crippen LogP contribution in [-0.2, 0) is 17.6 Å². The first kappa shape index (κ1) is 21.4. The number of hydrogen-bond donors (Lipinski definition) is 2. The summed E-state index contributed by atoms with van der Waals surface area (Å²) in [6.07, 6.45) is 9.03. The molecule has 6 heteroatoms. The number of carbonyl (C=O) groups excluding carboxylic acids is 1. The van der Waals surface area contributed by atoms with Crippen LogP contribution < -0.4 is 5.32 Å². The summed E-state index contributed by atoms with van der Waals surface area (Å²) in [7, 11) is 0. The number of amides is 1. The molecule has 0 saturated carbocycles. The molecular formula is C25H30FN3O2. The number of hydrogen-bond acceptors (Lipinski definition) is 3. The summed E-state index contributed by atoms with van der Waals surface area (Å²) >= 11 is 0. The molecule has 0 aliphatic heterocycles. The molecule has 2 aliphatic carbocycles. The van der Waals surface area contributed by atoms with Crippen LogP contribution in [0.5, 0.6) is 0 Å². The van der Waals surface area contributed by atoms with Gasteiger partial charge in [0.05, 0.1) is 17.1 Å². The highest BCUT2D eigenvalue weighted by Crippen LogP contribution is 2.39. The van der Waals surface area contributed by atoms with Crippen molar-refractivity contribution in [1.29, 1.82) is 5.26 Å². The number of nitrogens with zero attached hydrogens (tertiary/aromatic N) is 1. The van der Waals surface area contributed by atoms with E-state index < -0.39 is 11.7 Å². The van der Waals surface area contributed by atoms with Gasteiger partial charge in [-0.1, -0.05) is 12.5 Å². The van der Waals surface area contributed by atoms with E-state index in [1.165, 1.54) is 6.07 Å². The van der Waals surface area contributed by atoms with Gasteiger partial charge in [-0.25, -0.2) is 9.18 Å². The number of halogens is 1. The summed E-state index contributed by atoms with van der Waals surface area (Å²) in [5.41, 5.74) is 4.30. The van der Waals surface area contributed by atoms with E-state index in [0.717, 1.165) is 79.1 Å². The van der Waals surface area contributed by atoms with Crippen molar-refractivity contribution in [2.24, 2.45) is 0 Å². The van der Waals surface area contributed by atoms with Gasteiger partial charge in [0.1, 0.15) is 17.5 Å². The van der Waals surface area contributed by atoms with Gasteiger partial charge in [-0.05, 0) is 82.9 Å². The first-order chi connectivity index (χ1) is 14.8. The summed E-state index contributed by atoms with van der Waals surface area (Å²) in [6, 6.07) is 3.30. The largest absolute Gasteiger partial charge is 0.444 e. The molecule has 0 radical (unpaired) electrons. The Balaban J connectivity index is 1.77. The number of aromatic amines is 1. The zero-order valence-corrected chi connectivity index (χ0v) is 18.5. The lowest BCUT2D eigenvalue weighted by Gasteiger charge is -2.26. The highest BCUT2D eigenvalue weighted by molar-refractivity contribution is 5.99. The molecule has 5 nitrogen and oxygen atoms in total. The van der Waals surface area contributed by atoms with Crippen LogP contribution in [0.1, 0.15) is 81.7 Å². The fraction of sp³-hybridized carbons (Fsp3) is 0.520. The molecule has 1 aromatic heterocycles. The summed E-state index contributed by atoms with van der Waals surface area (Å²) in [6.45, 7) is 5.49. The Kier molecular flexibility index (Phi) is 5.79. The molecule has 0 saturated heterocycles. The average Bonchev–Trinajstić information content (AvgIpc) is 2.88. The number of allylic oxidation sites excluding steroid dienone is 1. The number of ether oxygens (including phenoxy) is 1. The fourth-order valence-electron chi connectivity index (χ4n) is 4.83. The molecule has 2 aromatic rings. The van der Waals surface area contributed by atoms with Crippen molar-refractivity contribution in [3.63, 3.8) is 0 Å². The van der Waals surface area contributed by atoms with Gasteiger partial charge in [0, 0.05) is 16.6 Å². The van der Waals surface area contributed by atoms with Crippen LogP contribution in [0.15, 0.2) is 12.1 Å². The van der Waals surface area contributed by atoms with Crippen LogP contribution in [0.3, 0.4) is 0 Å². The third-order valence-electron chi connectivity index (χ3n) is 6.08. The van der Waals surface area contributed by atoms with E-state index in [1.807, 2.05) is 26.8 Å². The molecule has 0 unspecified atom stereocenters. The van der Waals surface area contributed by atoms with E-state index in [1.54, 1.807) is 0 Å². The van der Waals surface area contributed by atoms with Gasteiger partial charge in [0.15, 0.2) is 0 Å². The van der Waals surface area contributed by atoms with Crippen molar-refractivity contribution in [1.82, 2.24) is 10.3 Å². The first-order valence-corrected chi connectivity index (χ1v) is 11.2. The highest BCUT2D eigenvalue weighted by Gasteiger charge is 2.27. The topological polar surface area (TPSA) is 77.9 Å². The second-order valence-corrected chi connectivity index (χ2v) is 9.62. The SMILES string of the molecule is CC(C)(C)OC(=O)N[C@@H]1C=C(c2c(F)cc(C#N)c3[nH]c4c(c23)CCCCC4)CCC1. The standard InChI is InChI=1S/C25H30FN3O2/c1-25(2,3)31-24(30)28-17-9-7-8-15(12-17)21-19(26)13-16(14-27)23-22(21)18-10-5-4-6-11-20(18)29-23/h12-13,17,29H,4-11H2,1-3H3,(H,28,30)/t17-/m0/s1. The molecule has 4 rings (SSSR count). The molecule has 0 fully saturated rings. The Morgan fingerprint density at radius 2 is 2.00 bits per heavy atom. The van der Waals surface area contributed by atoms with Crippen molar-refractivity contribution in [2.45, 2.75) is 83.8 Å². The molecule has 31 heavy (non-hydrogen) atoms. The first-order valence-electron chi connectivity index (χ1n) is 11.2. The number of aryl methyl sites for hydroxylation is 2. The van der Waals surface area contributed by atoms with Crippen molar-refractivity contribution in [3.8, 4) is 6.07 Å². The summed E-state index contributed by atoms with van der Waals surface area (Å²) in [5, 5.41) is 13.4. The molecule has 0 bridgehead atoms. The Hall–Kier alpha value is -2.81. The molecular weight excluding hydrogens is 393 g/mol. The Morgan fingerprint density at radius 1 is 1.23 bits per heavy atom. The highest BCUT2D eigenvalue weighted by atomic mass is 19.1.